The fourth-order valence-corrected chi connectivity index (χ4v) is 2.00. The molecule has 0 aliphatic heterocycles. The van der Waals surface area contributed by atoms with Gasteiger partial charge in [0, 0.05) is 13.3 Å². The van der Waals surface area contributed by atoms with Gasteiger partial charge >= 0.3 is 0 Å². The number of halogens is 1. The van der Waals surface area contributed by atoms with Gasteiger partial charge in [0.25, 0.3) is 0 Å². The first kappa shape index (κ1) is 13.7. The number of rotatable bonds is 5. The molecular formula is C13H14ClN3O2. The average molecular weight is 280 g/mol. The highest BCUT2D eigenvalue weighted by atomic mass is 35.5. The zero-order valence-electron chi connectivity index (χ0n) is 10.8. The fourth-order valence-electron chi connectivity index (χ4n) is 1.77. The lowest BCUT2D eigenvalue weighted by atomic mass is 10.1. The van der Waals surface area contributed by atoms with Gasteiger partial charge in [-0.15, -0.1) is 0 Å². The number of hydrogen-bond donors (Lipinski definition) is 0. The van der Waals surface area contributed by atoms with Crippen molar-refractivity contribution < 1.29 is 9.53 Å². The van der Waals surface area contributed by atoms with Crippen molar-refractivity contribution in [3.05, 3.63) is 46.5 Å². The van der Waals surface area contributed by atoms with Crippen molar-refractivity contribution in [2.45, 2.75) is 13.5 Å². The van der Waals surface area contributed by atoms with Crippen molar-refractivity contribution in [2.75, 3.05) is 13.7 Å². The maximum absolute atomic E-state index is 12.5. The van der Waals surface area contributed by atoms with E-state index in [4.69, 9.17) is 16.3 Å². The lowest BCUT2D eigenvalue weighted by Crippen LogP contribution is -2.16. The van der Waals surface area contributed by atoms with Crippen LogP contribution in [0.4, 0.5) is 0 Å². The zero-order valence-corrected chi connectivity index (χ0v) is 11.5. The van der Waals surface area contributed by atoms with Crippen LogP contribution in [-0.4, -0.2) is 34.3 Å². The van der Waals surface area contributed by atoms with Crippen molar-refractivity contribution in [1.82, 2.24) is 14.8 Å². The summed E-state index contributed by atoms with van der Waals surface area (Å²) < 4.78 is 6.53. The second-order valence-corrected chi connectivity index (χ2v) is 4.46. The van der Waals surface area contributed by atoms with E-state index in [1.165, 1.54) is 6.20 Å². The Balaban J connectivity index is 2.39. The zero-order chi connectivity index (χ0) is 13.8. The van der Waals surface area contributed by atoms with Crippen molar-refractivity contribution >= 4 is 17.4 Å². The number of ketones is 1. The van der Waals surface area contributed by atoms with Crippen LogP contribution in [0.5, 0.6) is 0 Å². The molecule has 0 aliphatic carbocycles. The normalized spacial score (nSPS) is 10.7. The lowest BCUT2D eigenvalue weighted by molar-refractivity contribution is 0.102. The number of ether oxygens (including phenoxy) is 1. The summed E-state index contributed by atoms with van der Waals surface area (Å²) in [4.78, 5) is 16.6. The molecule has 0 fully saturated rings. The van der Waals surface area contributed by atoms with E-state index in [1.807, 2.05) is 13.0 Å². The van der Waals surface area contributed by atoms with Crippen molar-refractivity contribution in [1.29, 1.82) is 0 Å². The third-order valence-corrected chi connectivity index (χ3v) is 3.02. The van der Waals surface area contributed by atoms with E-state index in [2.05, 4.69) is 10.1 Å². The first-order valence-corrected chi connectivity index (χ1v) is 6.19. The SMILES string of the molecule is COCCn1ncc(Cl)c1C(=O)c1ncccc1C. The minimum Gasteiger partial charge on any atom is -0.383 e. The first-order valence-electron chi connectivity index (χ1n) is 5.81. The Bertz CT molecular complexity index is 595. The molecule has 0 saturated heterocycles. The van der Waals surface area contributed by atoms with Crippen LogP contribution in [0, 0.1) is 6.92 Å². The van der Waals surface area contributed by atoms with E-state index in [-0.39, 0.29) is 5.78 Å². The Hall–Kier alpha value is -1.72. The van der Waals surface area contributed by atoms with Crippen LogP contribution in [0.1, 0.15) is 21.7 Å². The number of aromatic nitrogens is 3. The first-order chi connectivity index (χ1) is 9.15. The Morgan fingerprint density at radius 1 is 1.53 bits per heavy atom. The van der Waals surface area contributed by atoms with Crippen molar-refractivity contribution in [3.63, 3.8) is 0 Å². The summed E-state index contributed by atoms with van der Waals surface area (Å²) >= 11 is 6.05. The van der Waals surface area contributed by atoms with Gasteiger partial charge in [-0.1, -0.05) is 17.7 Å². The molecule has 0 saturated carbocycles. The quantitative estimate of drug-likeness (QED) is 0.787. The van der Waals surface area contributed by atoms with Gasteiger partial charge in [-0.2, -0.15) is 5.10 Å². The van der Waals surface area contributed by atoms with Gasteiger partial charge in [-0.3, -0.25) is 14.5 Å². The number of carbonyl (C=O) groups is 1. The number of methoxy groups -OCH3 is 1. The minimum absolute atomic E-state index is 0.225. The Labute approximate surface area is 116 Å². The molecule has 2 aromatic rings. The largest absolute Gasteiger partial charge is 0.383 e. The van der Waals surface area contributed by atoms with Crippen LogP contribution >= 0.6 is 11.6 Å². The summed E-state index contributed by atoms with van der Waals surface area (Å²) in [5.41, 5.74) is 1.55. The van der Waals surface area contributed by atoms with E-state index in [0.717, 1.165) is 5.56 Å². The minimum atomic E-state index is -0.225. The van der Waals surface area contributed by atoms with Crippen LogP contribution in [-0.2, 0) is 11.3 Å². The highest BCUT2D eigenvalue weighted by molar-refractivity contribution is 6.34. The molecule has 0 amide bonds. The molecule has 2 aromatic heterocycles. The molecule has 0 spiro atoms. The van der Waals surface area contributed by atoms with Gasteiger partial charge < -0.3 is 4.74 Å². The molecule has 6 heteroatoms. The fraction of sp³-hybridized carbons (Fsp3) is 0.308. The average Bonchev–Trinajstić information content (AvgIpc) is 2.77. The molecule has 0 atom stereocenters. The Morgan fingerprint density at radius 3 is 3.00 bits per heavy atom. The van der Waals surface area contributed by atoms with Crippen molar-refractivity contribution in [2.24, 2.45) is 0 Å². The highest BCUT2D eigenvalue weighted by Crippen LogP contribution is 2.19. The van der Waals surface area contributed by atoms with E-state index in [1.54, 1.807) is 24.1 Å². The molecule has 5 nitrogen and oxygen atoms in total. The molecular weight excluding hydrogens is 266 g/mol. The summed E-state index contributed by atoms with van der Waals surface area (Å²) in [6.45, 7) is 2.76. The van der Waals surface area contributed by atoms with Crippen LogP contribution in [0.25, 0.3) is 0 Å². The standard InChI is InChI=1S/C13H14ClN3O2/c1-9-4-3-5-15-11(9)13(18)12-10(14)8-16-17(12)6-7-19-2/h3-5,8H,6-7H2,1-2H3. The molecule has 2 rings (SSSR count). The number of nitrogens with zero attached hydrogens (tertiary/aromatic N) is 3. The highest BCUT2D eigenvalue weighted by Gasteiger charge is 2.21. The Morgan fingerprint density at radius 2 is 2.32 bits per heavy atom. The lowest BCUT2D eigenvalue weighted by Gasteiger charge is -2.07. The second-order valence-electron chi connectivity index (χ2n) is 4.06. The molecule has 0 aromatic carbocycles. The van der Waals surface area contributed by atoms with Gasteiger partial charge in [0.15, 0.2) is 0 Å². The number of hydrogen-bond acceptors (Lipinski definition) is 4. The van der Waals surface area contributed by atoms with E-state index in [9.17, 15) is 4.79 Å². The van der Waals surface area contributed by atoms with E-state index in [0.29, 0.717) is 29.6 Å². The summed E-state index contributed by atoms with van der Waals surface area (Å²) in [7, 11) is 1.59. The molecule has 2 heterocycles. The molecule has 0 unspecified atom stereocenters. The third-order valence-electron chi connectivity index (χ3n) is 2.74. The van der Waals surface area contributed by atoms with E-state index >= 15 is 0 Å². The number of pyridine rings is 1. The van der Waals surface area contributed by atoms with Gasteiger partial charge in [-0.25, -0.2) is 0 Å². The van der Waals surface area contributed by atoms with Gasteiger partial charge in [0.2, 0.25) is 5.78 Å². The number of carbonyl (C=O) groups excluding carboxylic acids is 1. The topological polar surface area (TPSA) is 57.0 Å². The summed E-state index contributed by atoms with van der Waals surface area (Å²) in [6.07, 6.45) is 3.05. The molecule has 0 aliphatic rings. The maximum atomic E-state index is 12.5. The molecule has 0 radical (unpaired) electrons. The van der Waals surface area contributed by atoms with Crippen LogP contribution in [0.15, 0.2) is 24.5 Å². The predicted molar refractivity (Wildman–Crippen MR) is 71.5 cm³/mol. The second kappa shape index (κ2) is 5.95. The third kappa shape index (κ3) is 2.83. The van der Waals surface area contributed by atoms with Gasteiger partial charge in [0.1, 0.15) is 11.4 Å². The summed E-state index contributed by atoms with van der Waals surface area (Å²) in [6, 6.07) is 3.62. The monoisotopic (exact) mass is 279 g/mol. The Kier molecular flexibility index (Phi) is 4.29. The van der Waals surface area contributed by atoms with E-state index < -0.39 is 0 Å². The molecule has 0 N–H and O–H groups in total. The molecule has 100 valence electrons. The predicted octanol–water partition coefficient (Wildman–Crippen LogP) is 2.12. The number of aryl methyl sites for hydroxylation is 1. The molecule has 0 bridgehead atoms. The van der Waals surface area contributed by atoms with Crippen LogP contribution in [0.3, 0.4) is 0 Å². The van der Waals surface area contributed by atoms with Crippen LogP contribution < -0.4 is 0 Å². The smallest absolute Gasteiger partial charge is 0.231 e. The van der Waals surface area contributed by atoms with Crippen LogP contribution in [0.2, 0.25) is 5.02 Å². The maximum Gasteiger partial charge on any atom is 0.231 e. The summed E-state index contributed by atoms with van der Waals surface area (Å²) in [5.74, 6) is -0.225. The van der Waals surface area contributed by atoms with Gasteiger partial charge in [-0.05, 0) is 18.6 Å². The molecule has 19 heavy (non-hydrogen) atoms. The summed E-state index contributed by atoms with van der Waals surface area (Å²) in [5, 5.41) is 4.41. The van der Waals surface area contributed by atoms with Crippen molar-refractivity contribution in [3.8, 4) is 0 Å². The van der Waals surface area contributed by atoms with Gasteiger partial charge in [0.05, 0.1) is 24.4 Å².